The number of aryl methyl sites for hydroxylation is 1. The molecule has 0 saturated heterocycles. The maximum absolute atomic E-state index is 12.9. The van der Waals surface area contributed by atoms with E-state index >= 15 is 0 Å². The van der Waals surface area contributed by atoms with Gasteiger partial charge in [-0.2, -0.15) is 0 Å². The van der Waals surface area contributed by atoms with Crippen LogP contribution in [0.3, 0.4) is 0 Å². The zero-order chi connectivity index (χ0) is 14.0. The summed E-state index contributed by atoms with van der Waals surface area (Å²) in [7, 11) is -1.23. The molecular formula is C14H13ClFNOS. The van der Waals surface area contributed by atoms with Crippen molar-refractivity contribution in [2.45, 2.75) is 17.6 Å². The van der Waals surface area contributed by atoms with Gasteiger partial charge in [0.15, 0.2) is 0 Å². The Kier molecular flexibility index (Phi) is 4.22. The van der Waals surface area contributed by atoms with E-state index in [-0.39, 0.29) is 5.75 Å². The predicted octanol–water partition coefficient (Wildman–Crippen LogP) is 3.68. The number of hydrogen-bond donors (Lipinski definition) is 1. The van der Waals surface area contributed by atoms with Crippen LogP contribution >= 0.6 is 11.6 Å². The molecule has 0 radical (unpaired) electrons. The van der Waals surface area contributed by atoms with Crippen LogP contribution in [0.15, 0.2) is 41.3 Å². The Morgan fingerprint density at radius 3 is 2.63 bits per heavy atom. The zero-order valence-electron chi connectivity index (χ0n) is 10.3. The molecule has 5 heteroatoms. The molecule has 0 aliphatic carbocycles. The molecule has 1 unspecified atom stereocenters. The number of benzene rings is 2. The average Bonchev–Trinajstić information content (AvgIpc) is 2.32. The van der Waals surface area contributed by atoms with E-state index in [1.165, 1.54) is 12.1 Å². The Morgan fingerprint density at radius 1 is 1.26 bits per heavy atom. The van der Waals surface area contributed by atoms with Gasteiger partial charge in [0.1, 0.15) is 5.82 Å². The monoisotopic (exact) mass is 297 g/mol. The SMILES string of the molecule is Cc1cc(N)ccc1S(=O)Cc1ccc(F)cc1Cl. The second-order valence-electron chi connectivity index (χ2n) is 4.25. The predicted molar refractivity (Wildman–Crippen MR) is 77.1 cm³/mol. The second-order valence-corrected chi connectivity index (χ2v) is 6.08. The van der Waals surface area contributed by atoms with Gasteiger partial charge in [0.05, 0.1) is 16.6 Å². The number of rotatable bonds is 3. The van der Waals surface area contributed by atoms with Crippen molar-refractivity contribution >= 4 is 28.1 Å². The first kappa shape index (κ1) is 14.0. The van der Waals surface area contributed by atoms with E-state index in [9.17, 15) is 8.60 Å². The molecule has 0 saturated carbocycles. The molecule has 2 aromatic rings. The molecule has 0 amide bonds. The van der Waals surface area contributed by atoms with Crippen LogP contribution < -0.4 is 5.73 Å². The third-order valence-corrected chi connectivity index (χ3v) is 4.62. The number of hydrogen-bond acceptors (Lipinski definition) is 2. The largest absolute Gasteiger partial charge is 0.399 e. The normalized spacial score (nSPS) is 12.4. The molecule has 19 heavy (non-hydrogen) atoms. The van der Waals surface area contributed by atoms with Crippen LogP contribution in [0.25, 0.3) is 0 Å². The van der Waals surface area contributed by atoms with Gasteiger partial charge in [0.25, 0.3) is 0 Å². The second kappa shape index (κ2) is 5.72. The Labute approximate surface area is 118 Å². The van der Waals surface area contributed by atoms with Crippen LogP contribution in [0.4, 0.5) is 10.1 Å². The Bertz CT molecular complexity index is 645. The zero-order valence-corrected chi connectivity index (χ0v) is 11.9. The number of nitrogen functional groups attached to an aromatic ring is 1. The van der Waals surface area contributed by atoms with E-state index in [1.807, 2.05) is 6.92 Å². The summed E-state index contributed by atoms with van der Waals surface area (Å²) >= 11 is 5.93. The van der Waals surface area contributed by atoms with E-state index in [4.69, 9.17) is 17.3 Å². The lowest BCUT2D eigenvalue weighted by Gasteiger charge is -2.08. The van der Waals surface area contributed by atoms with Crippen molar-refractivity contribution in [1.29, 1.82) is 0 Å². The third kappa shape index (κ3) is 3.33. The summed E-state index contributed by atoms with van der Waals surface area (Å²) in [6, 6.07) is 9.34. The van der Waals surface area contributed by atoms with Crippen molar-refractivity contribution < 1.29 is 8.60 Å². The minimum absolute atomic E-state index is 0.254. The molecule has 0 aliphatic rings. The first-order chi connectivity index (χ1) is 8.97. The molecule has 0 bridgehead atoms. The molecule has 2 aromatic carbocycles. The van der Waals surface area contributed by atoms with Gasteiger partial charge < -0.3 is 5.73 Å². The van der Waals surface area contributed by atoms with Gasteiger partial charge in [-0.15, -0.1) is 0 Å². The topological polar surface area (TPSA) is 43.1 Å². The number of anilines is 1. The van der Waals surface area contributed by atoms with Gasteiger partial charge in [-0.25, -0.2) is 4.39 Å². The fourth-order valence-corrected chi connectivity index (χ4v) is 3.43. The quantitative estimate of drug-likeness (QED) is 0.878. The highest BCUT2D eigenvalue weighted by molar-refractivity contribution is 7.84. The molecule has 0 fully saturated rings. The van der Waals surface area contributed by atoms with Crippen molar-refractivity contribution in [2.24, 2.45) is 0 Å². The minimum atomic E-state index is -1.23. The summed E-state index contributed by atoms with van der Waals surface area (Å²) in [5, 5.41) is 0.293. The van der Waals surface area contributed by atoms with Crippen molar-refractivity contribution in [3.63, 3.8) is 0 Å². The summed E-state index contributed by atoms with van der Waals surface area (Å²) in [5.41, 5.74) is 7.83. The highest BCUT2D eigenvalue weighted by Gasteiger charge is 2.11. The standard InChI is InChI=1S/C14H13ClFNOS/c1-9-6-12(17)4-5-14(9)19(18)8-10-2-3-11(16)7-13(10)15/h2-7H,8,17H2,1H3. The van der Waals surface area contributed by atoms with Crippen LogP contribution in [0.5, 0.6) is 0 Å². The van der Waals surface area contributed by atoms with Crippen molar-refractivity contribution in [3.05, 3.63) is 58.4 Å². The number of halogens is 2. The van der Waals surface area contributed by atoms with Gasteiger partial charge >= 0.3 is 0 Å². The molecular weight excluding hydrogens is 285 g/mol. The molecule has 2 rings (SSSR count). The van der Waals surface area contributed by atoms with Gasteiger partial charge in [-0.3, -0.25) is 4.21 Å². The van der Waals surface area contributed by atoms with Crippen LogP contribution in [0.1, 0.15) is 11.1 Å². The maximum atomic E-state index is 12.9. The highest BCUT2D eigenvalue weighted by Crippen LogP contribution is 2.23. The summed E-state index contributed by atoms with van der Waals surface area (Å²) in [4.78, 5) is 0.717. The first-order valence-electron chi connectivity index (χ1n) is 5.66. The molecule has 1 atom stereocenters. The van der Waals surface area contributed by atoms with Crippen molar-refractivity contribution in [2.75, 3.05) is 5.73 Å². The average molecular weight is 298 g/mol. The van der Waals surface area contributed by atoms with Crippen molar-refractivity contribution in [3.8, 4) is 0 Å². The van der Waals surface area contributed by atoms with E-state index in [0.717, 1.165) is 10.5 Å². The lowest BCUT2D eigenvalue weighted by molar-refractivity contribution is 0.627. The first-order valence-corrected chi connectivity index (χ1v) is 7.35. The van der Waals surface area contributed by atoms with Crippen LogP contribution in [0, 0.1) is 12.7 Å². The fourth-order valence-electron chi connectivity index (χ4n) is 1.79. The summed E-state index contributed by atoms with van der Waals surface area (Å²) < 4.78 is 25.2. The van der Waals surface area contributed by atoms with E-state index in [0.29, 0.717) is 16.3 Å². The smallest absolute Gasteiger partial charge is 0.124 e. The molecule has 0 heterocycles. The third-order valence-electron chi connectivity index (χ3n) is 2.75. The van der Waals surface area contributed by atoms with Crippen molar-refractivity contribution in [1.82, 2.24) is 0 Å². The molecule has 0 aliphatic heterocycles. The lowest BCUT2D eigenvalue weighted by Crippen LogP contribution is -2.00. The Balaban J connectivity index is 2.25. The highest BCUT2D eigenvalue weighted by atomic mass is 35.5. The van der Waals surface area contributed by atoms with Gasteiger partial charge in [-0.05, 0) is 48.4 Å². The summed E-state index contributed by atoms with van der Waals surface area (Å²) in [6.07, 6.45) is 0. The molecule has 100 valence electrons. The fraction of sp³-hybridized carbons (Fsp3) is 0.143. The molecule has 2 nitrogen and oxygen atoms in total. The maximum Gasteiger partial charge on any atom is 0.124 e. The lowest BCUT2D eigenvalue weighted by atomic mass is 10.2. The van der Waals surface area contributed by atoms with E-state index < -0.39 is 16.6 Å². The van der Waals surface area contributed by atoms with Gasteiger partial charge in [0, 0.05) is 15.6 Å². The van der Waals surface area contributed by atoms with Crippen LogP contribution in [-0.4, -0.2) is 4.21 Å². The summed E-state index contributed by atoms with van der Waals surface area (Å²) in [6.45, 7) is 1.86. The minimum Gasteiger partial charge on any atom is -0.399 e. The van der Waals surface area contributed by atoms with Gasteiger partial charge in [0.2, 0.25) is 0 Å². The van der Waals surface area contributed by atoms with Gasteiger partial charge in [-0.1, -0.05) is 17.7 Å². The molecule has 0 aromatic heterocycles. The molecule has 0 spiro atoms. The van der Waals surface area contributed by atoms with Crippen LogP contribution in [0.2, 0.25) is 5.02 Å². The Morgan fingerprint density at radius 2 is 2.00 bits per heavy atom. The molecule has 2 N–H and O–H groups in total. The van der Waals surface area contributed by atoms with Crippen LogP contribution in [-0.2, 0) is 16.6 Å². The Hall–Kier alpha value is -1.39. The van der Waals surface area contributed by atoms with E-state index in [1.54, 1.807) is 24.3 Å². The number of nitrogens with two attached hydrogens (primary N) is 1. The summed E-state index contributed by atoms with van der Waals surface area (Å²) in [5.74, 6) is -0.146. The van der Waals surface area contributed by atoms with E-state index in [2.05, 4.69) is 0 Å².